The number of anilines is 2. The predicted molar refractivity (Wildman–Crippen MR) is 83.3 cm³/mol. The molecule has 0 saturated carbocycles. The number of carbonyl (C=O) groups is 1. The molecule has 1 aromatic heterocycles. The second-order valence-corrected chi connectivity index (χ2v) is 6.37. The Kier molecular flexibility index (Phi) is 4.55. The number of nitrogens with two attached hydrogens (primary N) is 1. The molecule has 6 heteroatoms. The molecule has 0 spiro atoms. The Balaban J connectivity index is 1.91. The molecule has 1 fully saturated rings. The Morgan fingerprint density at radius 2 is 2.24 bits per heavy atom. The lowest BCUT2D eigenvalue weighted by molar-refractivity contribution is 0.0500. The predicted octanol–water partition coefficient (Wildman–Crippen LogP) is 2.16. The van der Waals surface area contributed by atoms with Gasteiger partial charge in [0.15, 0.2) is 0 Å². The van der Waals surface area contributed by atoms with Gasteiger partial charge in [-0.1, -0.05) is 0 Å². The molecule has 0 radical (unpaired) electrons. The van der Waals surface area contributed by atoms with E-state index >= 15 is 0 Å². The van der Waals surface area contributed by atoms with Crippen LogP contribution in [0, 0.1) is 0 Å². The minimum Gasteiger partial charge on any atom is -0.444 e. The van der Waals surface area contributed by atoms with Crippen LogP contribution in [0.2, 0.25) is 0 Å². The van der Waals surface area contributed by atoms with Crippen molar-refractivity contribution in [2.75, 3.05) is 23.7 Å². The van der Waals surface area contributed by atoms with Crippen LogP contribution in [0.4, 0.5) is 16.3 Å². The number of nitrogens with zero attached hydrogens (tertiary/aromatic N) is 2. The zero-order valence-corrected chi connectivity index (χ0v) is 12.9. The molecular weight excluding hydrogens is 268 g/mol. The van der Waals surface area contributed by atoms with Gasteiger partial charge in [0.25, 0.3) is 0 Å². The Morgan fingerprint density at radius 3 is 2.86 bits per heavy atom. The number of carbonyl (C=O) groups excluding carboxylic acids is 1. The van der Waals surface area contributed by atoms with E-state index in [1.165, 1.54) is 0 Å². The average Bonchev–Trinajstić information content (AvgIpc) is 2.37. The lowest BCUT2D eigenvalue weighted by Gasteiger charge is -2.34. The molecule has 1 aliphatic heterocycles. The third kappa shape index (κ3) is 4.81. The lowest BCUT2D eigenvalue weighted by Crippen LogP contribution is -2.49. The van der Waals surface area contributed by atoms with E-state index in [-0.39, 0.29) is 12.1 Å². The molecule has 2 rings (SSSR count). The minimum atomic E-state index is -0.473. The van der Waals surface area contributed by atoms with Crippen molar-refractivity contribution < 1.29 is 9.53 Å². The third-order valence-corrected chi connectivity index (χ3v) is 3.28. The van der Waals surface area contributed by atoms with E-state index in [1.54, 1.807) is 12.3 Å². The number of nitrogens with one attached hydrogen (secondary N) is 1. The number of piperidine rings is 1. The Morgan fingerprint density at radius 1 is 1.48 bits per heavy atom. The molecule has 3 N–H and O–H groups in total. The number of aromatic nitrogens is 1. The second kappa shape index (κ2) is 6.20. The van der Waals surface area contributed by atoms with Gasteiger partial charge < -0.3 is 20.7 Å². The third-order valence-electron chi connectivity index (χ3n) is 3.28. The molecular formula is C15H24N4O2. The topological polar surface area (TPSA) is 80.5 Å². The van der Waals surface area contributed by atoms with E-state index in [1.807, 2.05) is 26.8 Å². The maximum atomic E-state index is 11.8. The number of hydrogen-bond donors (Lipinski definition) is 2. The Hall–Kier alpha value is -1.98. The van der Waals surface area contributed by atoms with Crippen LogP contribution in [0.3, 0.4) is 0 Å². The number of ether oxygens (including phenoxy) is 1. The number of alkyl carbamates (subject to hydrolysis) is 1. The van der Waals surface area contributed by atoms with Crippen LogP contribution in [-0.4, -0.2) is 35.8 Å². The van der Waals surface area contributed by atoms with Crippen molar-refractivity contribution in [3.63, 3.8) is 0 Å². The van der Waals surface area contributed by atoms with Gasteiger partial charge in [-0.3, -0.25) is 0 Å². The summed E-state index contributed by atoms with van der Waals surface area (Å²) < 4.78 is 5.30. The molecule has 0 aliphatic carbocycles. The van der Waals surface area contributed by atoms with E-state index in [0.29, 0.717) is 5.82 Å². The molecule has 0 bridgehead atoms. The number of nitrogen functional groups attached to an aromatic ring is 1. The van der Waals surface area contributed by atoms with Gasteiger partial charge in [-0.25, -0.2) is 9.78 Å². The average molecular weight is 292 g/mol. The molecule has 6 nitrogen and oxygen atoms in total. The van der Waals surface area contributed by atoms with E-state index in [0.717, 1.165) is 31.6 Å². The highest BCUT2D eigenvalue weighted by atomic mass is 16.6. The summed E-state index contributed by atoms with van der Waals surface area (Å²) in [5.41, 5.74) is 6.16. The number of rotatable bonds is 2. The van der Waals surface area contributed by atoms with Crippen molar-refractivity contribution in [2.24, 2.45) is 0 Å². The normalized spacial score (nSPS) is 19.2. The van der Waals surface area contributed by atoms with Crippen LogP contribution in [0.5, 0.6) is 0 Å². The Labute approximate surface area is 125 Å². The van der Waals surface area contributed by atoms with Gasteiger partial charge in [-0.05, 0) is 45.7 Å². The maximum Gasteiger partial charge on any atom is 0.407 e. The molecule has 21 heavy (non-hydrogen) atoms. The van der Waals surface area contributed by atoms with Gasteiger partial charge in [-0.15, -0.1) is 0 Å². The van der Waals surface area contributed by atoms with Crippen molar-refractivity contribution in [1.29, 1.82) is 0 Å². The highest BCUT2D eigenvalue weighted by molar-refractivity contribution is 5.68. The van der Waals surface area contributed by atoms with Gasteiger partial charge in [0.1, 0.15) is 11.4 Å². The largest absolute Gasteiger partial charge is 0.444 e. The molecule has 0 aromatic carbocycles. The summed E-state index contributed by atoms with van der Waals surface area (Å²) in [6.45, 7) is 7.29. The summed E-state index contributed by atoms with van der Waals surface area (Å²) in [4.78, 5) is 18.2. The number of hydrogen-bond acceptors (Lipinski definition) is 5. The highest BCUT2D eigenvalue weighted by Crippen LogP contribution is 2.20. The van der Waals surface area contributed by atoms with Gasteiger partial charge in [0, 0.05) is 19.1 Å². The molecule has 1 atom stereocenters. The quantitative estimate of drug-likeness (QED) is 0.873. The van der Waals surface area contributed by atoms with Crippen LogP contribution in [-0.2, 0) is 4.74 Å². The summed E-state index contributed by atoms with van der Waals surface area (Å²) in [5, 5.41) is 2.94. The Bertz CT molecular complexity index is 481. The smallest absolute Gasteiger partial charge is 0.407 e. The first kappa shape index (κ1) is 15.4. The standard InChI is InChI=1S/C15H24N4O2/c1-15(2,3)21-14(20)18-11-5-4-8-19(10-11)12-6-7-13(16)17-9-12/h6-7,9,11H,4-5,8,10H2,1-3H3,(H2,16,17)(H,18,20)/t11-/m1/s1. The van der Waals surface area contributed by atoms with Crippen LogP contribution in [0.1, 0.15) is 33.6 Å². The number of pyridine rings is 1. The molecule has 1 saturated heterocycles. The van der Waals surface area contributed by atoms with Gasteiger partial charge in [0.05, 0.1) is 11.9 Å². The SMILES string of the molecule is CC(C)(C)OC(=O)N[C@@H]1CCCN(c2ccc(N)nc2)C1. The van der Waals surface area contributed by atoms with Crippen LogP contribution in [0.15, 0.2) is 18.3 Å². The molecule has 1 aliphatic rings. The zero-order chi connectivity index (χ0) is 15.5. The van der Waals surface area contributed by atoms with Crippen molar-refractivity contribution in [3.05, 3.63) is 18.3 Å². The van der Waals surface area contributed by atoms with Gasteiger partial charge in [0.2, 0.25) is 0 Å². The summed E-state index contributed by atoms with van der Waals surface area (Å²) in [5.74, 6) is 0.513. The van der Waals surface area contributed by atoms with Crippen LogP contribution in [0.25, 0.3) is 0 Å². The summed E-state index contributed by atoms with van der Waals surface area (Å²) >= 11 is 0. The van der Waals surface area contributed by atoms with E-state index in [4.69, 9.17) is 10.5 Å². The fourth-order valence-corrected chi connectivity index (χ4v) is 2.39. The van der Waals surface area contributed by atoms with Crippen molar-refractivity contribution in [1.82, 2.24) is 10.3 Å². The zero-order valence-electron chi connectivity index (χ0n) is 12.9. The lowest BCUT2D eigenvalue weighted by atomic mass is 10.1. The molecule has 116 valence electrons. The molecule has 1 aromatic rings. The first-order valence-electron chi connectivity index (χ1n) is 7.29. The van der Waals surface area contributed by atoms with E-state index in [9.17, 15) is 4.79 Å². The number of amides is 1. The van der Waals surface area contributed by atoms with E-state index in [2.05, 4.69) is 15.2 Å². The minimum absolute atomic E-state index is 0.0890. The maximum absolute atomic E-state index is 11.8. The van der Waals surface area contributed by atoms with Crippen molar-refractivity contribution >= 4 is 17.6 Å². The highest BCUT2D eigenvalue weighted by Gasteiger charge is 2.24. The van der Waals surface area contributed by atoms with Crippen LogP contribution < -0.4 is 16.0 Å². The monoisotopic (exact) mass is 292 g/mol. The first-order chi connectivity index (χ1) is 9.83. The fourth-order valence-electron chi connectivity index (χ4n) is 2.39. The molecule has 2 heterocycles. The second-order valence-electron chi connectivity index (χ2n) is 6.37. The summed E-state index contributed by atoms with van der Waals surface area (Å²) in [7, 11) is 0. The van der Waals surface area contributed by atoms with Gasteiger partial charge >= 0.3 is 6.09 Å². The van der Waals surface area contributed by atoms with Crippen molar-refractivity contribution in [3.8, 4) is 0 Å². The van der Waals surface area contributed by atoms with Crippen molar-refractivity contribution in [2.45, 2.75) is 45.3 Å². The molecule has 1 amide bonds. The summed E-state index contributed by atoms with van der Waals surface area (Å²) in [6, 6.07) is 3.84. The fraction of sp³-hybridized carbons (Fsp3) is 0.600. The molecule has 0 unspecified atom stereocenters. The first-order valence-corrected chi connectivity index (χ1v) is 7.29. The van der Waals surface area contributed by atoms with Crippen LogP contribution >= 0.6 is 0 Å². The van der Waals surface area contributed by atoms with E-state index < -0.39 is 5.60 Å². The summed E-state index contributed by atoms with van der Waals surface area (Å²) in [6.07, 6.45) is 3.39. The van der Waals surface area contributed by atoms with Gasteiger partial charge in [-0.2, -0.15) is 0 Å².